The zero-order valence-corrected chi connectivity index (χ0v) is 27.0. The summed E-state index contributed by atoms with van der Waals surface area (Å²) in [7, 11) is 0. The number of hydrogen-bond acceptors (Lipinski definition) is 6. The molecule has 0 aromatic heterocycles. The van der Waals surface area contributed by atoms with E-state index in [4.69, 9.17) is 0 Å². The lowest BCUT2D eigenvalue weighted by Crippen LogP contribution is -2.30. The Morgan fingerprint density at radius 1 is 0.723 bits per heavy atom. The first-order valence-electron chi connectivity index (χ1n) is 14.3. The van der Waals surface area contributed by atoms with E-state index >= 15 is 0 Å². The maximum absolute atomic E-state index is 13.5. The average Bonchev–Trinajstić information content (AvgIpc) is 3.09. The van der Waals surface area contributed by atoms with Crippen molar-refractivity contribution in [3.05, 3.63) is 170 Å². The van der Waals surface area contributed by atoms with E-state index in [0.717, 1.165) is 14.9 Å². The Hall–Kier alpha value is -5.52. The van der Waals surface area contributed by atoms with Crippen molar-refractivity contribution in [2.45, 2.75) is 10.1 Å². The number of nitro benzene ring substituents is 1. The number of amides is 3. The molecule has 0 spiro atoms. The van der Waals surface area contributed by atoms with Crippen molar-refractivity contribution in [3.63, 3.8) is 0 Å². The van der Waals surface area contributed by atoms with Crippen molar-refractivity contribution in [2.75, 3.05) is 10.6 Å². The third kappa shape index (κ3) is 9.03. The maximum atomic E-state index is 13.5. The van der Waals surface area contributed by atoms with Crippen LogP contribution in [0.4, 0.5) is 17.1 Å². The minimum Gasteiger partial charge on any atom is -0.325 e. The number of nitrogens with one attached hydrogen (secondary N) is 3. The van der Waals surface area contributed by atoms with Gasteiger partial charge in [0, 0.05) is 32.4 Å². The van der Waals surface area contributed by atoms with Gasteiger partial charge < -0.3 is 16.0 Å². The Morgan fingerprint density at radius 2 is 1.30 bits per heavy atom. The van der Waals surface area contributed by atoms with Crippen LogP contribution in [0, 0.1) is 10.1 Å². The number of nitro groups is 1. The lowest BCUT2D eigenvalue weighted by Gasteiger charge is -2.17. The van der Waals surface area contributed by atoms with Gasteiger partial charge in [0.05, 0.1) is 10.5 Å². The molecule has 1 atom stereocenters. The Kier molecular flexibility index (Phi) is 10.9. The molecular formula is C36H27BrN4O5S. The second kappa shape index (κ2) is 15.7. The molecule has 11 heteroatoms. The number of para-hydroxylation sites is 1. The van der Waals surface area contributed by atoms with Gasteiger partial charge in [-0.15, -0.1) is 11.8 Å². The van der Waals surface area contributed by atoms with Crippen molar-refractivity contribution in [3.8, 4) is 0 Å². The van der Waals surface area contributed by atoms with Gasteiger partial charge in [-0.05, 0) is 78.4 Å². The molecule has 0 aliphatic rings. The number of benzene rings is 5. The van der Waals surface area contributed by atoms with Crippen LogP contribution in [0.25, 0.3) is 6.08 Å². The molecule has 234 valence electrons. The quantitative estimate of drug-likeness (QED) is 0.0549. The van der Waals surface area contributed by atoms with Gasteiger partial charge in [-0.25, -0.2) is 0 Å². The summed E-state index contributed by atoms with van der Waals surface area (Å²) in [6, 6.07) is 37.9. The summed E-state index contributed by atoms with van der Waals surface area (Å²) in [5, 5.41) is 19.4. The highest BCUT2D eigenvalue weighted by molar-refractivity contribution is 9.10. The van der Waals surface area contributed by atoms with Crippen molar-refractivity contribution in [1.29, 1.82) is 0 Å². The van der Waals surface area contributed by atoms with Crippen LogP contribution < -0.4 is 16.0 Å². The molecule has 0 aliphatic carbocycles. The molecule has 1 unspecified atom stereocenters. The highest BCUT2D eigenvalue weighted by Crippen LogP contribution is 2.37. The lowest BCUT2D eigenvalue weighted by atomic mass is 10.1. The van der Waals surface area contributed by atoms with E-state index in [1.807, 2.05) is 54.6 Å². The first kappa shape index (κ1) is 32.9. The Labute approximate surface area is 283 Å². The van der Waals surface area contributed by atoms with Crippen LogP contribution in [0.3, 0.4) is 0 Å². The summed E-state index contributed by atoms with van der Waals surface area (Å²) >= 11 is 4.76. The van der Waals surface area contributed by atoms with Crippen LogP contribution in [-0.2, 0) is 9.59 Å². The smallest absolute Gasteiger partial charge is 0.276 e. The molecule has 3 N–H and O–H groups in total. The SMILES string of the molecule is O=C(Nc1ccc(SC(C(=O)Nc2ccc(Br)cc2)c2ccccc2)cc1)/C(=C/c1ccccc1[N+](=O)[O-])NC(=O)c1ccccc1. The second-order valence-corrected chi connectivity index (χ2v) is 12.2. The predicted molar refractivity (Wildman–Crippen MR) is 188 cm³/mol. The average molecular weight is 708 g/mol. The molecule has 5 aromatic carbocycles. The number of anilines is 2. The maximum Gasteiger partial charge on any atom is 0.276 e. The molecule has 3 amide bonds. The zero-order chi connectivity index (χ0) is 33.2. The molecular weight excluding hydrogens is 680 g/mol. The number of hydrogen-bond donors (Lipinski definition) is 3. The molecule has 0 saturated heterocycles. The molecule has 0 heterocycles. The summed E-state index contributed by atoms with van der Waals surface area (Å²) in [5.41, 5.74) is 1.97. The van der Waals surface area contributed by atoms with E-state index in [9.17, 15) is 24.5 Å². The molecule has 0 radical (unpaired) electrons. The fourth-order valence-corrected chi connectivity index (χ4v) is 5.76. The van der Waals surface area contributed by atoms with Crippen molar-refractivity contribution in [2.24, 2.45) is 0 Å². The highest BCUT2D eigenvalue weighted by Gasteiger charge is 2.23. The third-order valence-corrected chi connectivity index (χ3v) is 8.58. The Balaban J connectivity index is 1.35. The Morgan fingerprint density at radius 3 is 1.96 bits per heavy atom. The molecule has 0 aliphatic heterocycles. The van der Waals surface area contributed by atoms with Crippen LogP contribution in [0.1, 0.15) is 26.7 Å². The molecule has 0 saturated carbocycles. The second-order valence-electron chi connectivity index (χ2n) is 10.1. The number of halogens is 1. The standard InChI is InChI=1S/C36H27BrN4O5S/c37-27-15-17-28(18-16-27)39-36(44)33(24-9-3-1-4-10-24)47-30-21-19-29(20-22-30)38-35(43)31(40-34(42)25-11-5-2-6-12-25)23-26-13-7-8-14-32(26)41(45)46/h1-23,33H,(H,38,43)(H,39,44)(H,40,42)/b31-23-. The molecule has 0 bridgehead atoms. The fraction of sp³-hybridized carbons (Fsp3) is 0.0278. The summed E-state index contributed by atoms with van der Waals surface area (Å²) in [4.78, 5) is 51.7. The Bertz CT molecular complexity index is 1920. The van der Waals surface area contributed by atoms with Crippen molar-refractivity contribution < 1.29 is 19.3 Å². The number of carbonyl (C=O) groups excluding carboxylic acids is 3. The monoisotopic (exact) mass is 706 g/mol. The largest absolute Gasteiger partial charge is 0.325 e. The van der Waals surface area contributed by atoms with Gasteiger partial charge in [0.2, 0.25) is 5.91 Å². The topological polar surface area (TPSA) is 130 Å². The number of rotatable bonds is 11. The van der Waals surface area contributed by atoms with Crippen LogP contribution in [-0.4, -0.2) is 22.6 Å². The fourth-order valence-electron chi connectivity index (χ4n) is 4.47. The van der Waals surface area contributed by atoms with E-state index < -0.39 is 22.0 Å². The van der Waals surface area contributed by atoms with Crippen molar-refractivity contribution >= 4 is 68.6 Å². The molecule has 0 fully saturated rings. The molecule has 47 heavy (non-hydrogen) atoms. The van der Waals surface area contributed by atoms with Gasteiger partial charge in [0.25, 0.3) is 17.5 Å². The van der Waals surface area contributed by atoms with Gasteiger partial charge in [-0.3, -0.25) is 24.5 Å². The van der Waals surface area contributed by atoms with Gasteiger partial charge in [-0.1, -0.05) is 76.6 Å². The number of nitrogens with zero attached hydrogens (tertiary/aromatic N) is 1. The first-order chi connectivity index (χ1) is 22.8. The first-order valence-corrected chi connectivity index (χ1v) is 15.9. The van der Waals surface area contributed by atoms with Gasteiger partial charge >= 0.3 is 0 Å². The summed E-state index contributed by atoms with van der Waals surface area (Å²) in [6.45, 7) is 0. The number of carbonyl (C=O) groups is 3. The highest BCUT2D eigenvalue weighted by atomic mass is 79.9. The van der Waals surface area contributed by atoms with Gasteiger partial charge in [0.1, 0.15) is 10.9 Å². The van der Waals surface area contributed by atoms with Crippen LogP contribution >= 0.6 is 27.7 Å². The van der Waals surface area contributed by atoms with E-state index in [1.54, 1.807) is 60.7 Å². The summed E-state index contributed by atoms with van der Waals surface area (Å²) < 4.78 is 0.902. The van der Waals surface area contributed by atoms with Crippen LogP contribution in [0.5, 0.6) is 0 Å². The minimum atomic E-state index is -0.677. The van der Waals surface area contributed by atoms with E-state index in [2.05, 4.69) is 31.9 Å². The van der Waals surface area contributed by atoms with Gasteiger partial charge in [-0.2, -0.15) is 0 Å². The van der Waals surface area contributed by atoms with E-state index in [-0.39, 0.29) is 22.9 Å². The third-order valence-electron chi connectivity index (χ3n) is 6.78. The summed E-state index contributed by atoms with van der Waals surface area (Å²) in [5.74, 6) is -1.42. The van der Waals surface area contributed by atoms with Crippen molar-refractivity contribution in [1.82, 2.24) is 5.32 Å². The number of thioether (sulfide) groups is 1. The predicted octanol–water partition coefficient (Wildman–Crippen LogP) is 8.24. The zero-order valence-electron chi connectivity index (χ0n) is 24.6. The molecule has 5 rings (SSSR count). The van der Waals surface area contributed by atoms with Crippen LogP contribution in [0.15, 0.2) is 149 Å². The molecule has 5 aromatic rings. The van der Waals surface area contributed by atoms with Gasteiger partial charge in [0.15, 0.2) is 0 Å². The normalized spacial score (nSPS) is 11.6. The summed E-state index contributed by atoms with van der Waals surface area (Å²) in [6.07, 6.45) is 1.27. The molecule has 9 nitrogen and oxygen atoms in total. The lowest BCUT2D eigenvalue weighted by molar-refractivity contribution is -0.385. The minimum absolute atomic E-state index is 0.149. The van der Waals surface area contributed by atoms with E-state index in [0.29, 0.717) is 16.9 Å². The van der Waals surface area contributed by atoms with Crippen LogP contribution in [0.2, 0.25) is 0 Å². The van der Waals surface area contributed by atoms with E-state index in [1.165, 1.54) is 36.0 Å².